The van der Waals surface area contributed by atoms with E-state index in [1.54, 1.807) is 24.3 Å². The molecule has 124 valence electrons. The van der Waals surface area contributed by atoms with Crippen molar-refractivity contribution in [2.45, 2.75) is 38.9 Å². The van der Waals surface area contributed by atoms with Gasteiger partial charge in [0.1, 0.15) is 0 Å². The van der Waals surface area contributed by atoms with Crippen LogP contribution >= 0.6 is 0 Å². The zero-order valence-corrected chi connectivity index (χ0v) is 14.3. The Morgan fingerprint density at radius 3 is 2.30 bits per heavy atom. The first-order valence-electron chi connectivity index (χ1n) is 7.56. The van der Waals surface area contributed by atoms with Crippen LogP contribution in [-0.2, 0) is 14.0 Å². The highest BCUT2D eigenvalue weighted by molar-refractivity contribution is 6.55. The van der Waals surface area contributed by atoms with Gasteiger partial charge in [0.05, 0.1) is 30.5 Å². The smallest absolute Gasteiger partial charge is 0.465 e. The van der Waals surface area contributed by atoms with Gasteiger partial charge in [0.25, 0.3) is 0 Å². The molecule has 0 aromatic heterocycles. The fourth-order valence-electron chi connectivity index (χ4n) is 2.30. The van der Waals surface area contributed by atoms with Gasteiger partial charge in [-0.1, -0.05) is 24.3 Å². The first-order valence-corrected chi connectivity index (χ1v) is 7.56. The molecule has 1 heterocycles. The molecule has 5 nitrogen and oxygen atoms in total. The van der Waals surface area contributed by atoms with Crippen LogP contribution in [0.15, 0.2) is 29.7 Å². The average molecular weight is 318 g/mol. The molecule has 0 bridgehead atoms. The lowest BCUT2D eigenvalue weighted by Crippen LogP contribution is -2.41. The van der Waals surface area contributed by atoms with Gasteiger partial charge in [0.2, 0.25) is 0 Å². The molecule has 0 aliphatic carbocycles. The molecular weight excluding hydrogens is 295 g/mol. The van der Waals surface area contributed by atoms with E-state index in [4.69, 9.17) is 14.0 Å². The first kappa shape index (κ1) is 17.7. The minimum atomic E-state index is -0.657. The van der Waals surface area contributed by atoms with Crippen molar-refractivity contribution in [3.8, 4) is 0 Å². The summed E-state index contributed by atoms with van der Waals surface area (Å²) in [6.45, 7) is 7.57. The van der Waals surface area contributed by atoms with Crippen molar-refractivity contribution in [3.05, 3.63) is 40.9 Å². The Labute approximate surface area is 137 Å². The molecule has 0 unspecified atom stereocenters. The number of ether oxygens (including phenoxy) is 1. The van der Waals surface area contributed by atoms with Crippen LogP contribution in [-0.4, -0.2) is 43.1 Å². The number of hydrogen-bond acceptors (Lipinski definition) is 5. The van der Waals surface area contributed by atoms with Crippen LogP contribution in [0.1, 0.15) is 43.6 Å². The van der Waals surface area contributed by atoms with E-state index >= 15 is 0 Å². The molecule has 2 rings (SSSR count). The van der Waals surface area contributed by atoms with Gasteiger partial charge in [-0.15, -0.1) is 0 Å². The molecule has 0 radical (unpaired) electrons. The van der Waals surface area contributed by atoms with E-state index in [1.807, 2.05) is 33.8 Å². The Balaban J connectivity index is 2.36. The van der Waals surface area contributed by atoms with Crippen molar-refractivity contribution in [1.29, 1.82) is 0 Å². The monoisotopic (exact) mass is 318 g/mol. The number of benzene rings is 1. The Morgan fingerprint density at radius 1 is 1.22 bits per heavy atom. The van der Waals surface area contributed by atoms with Gasteiger partial charge < -0.3 is 19.2 Å². The highest BCUT2D eigenvalue weighted by atomic mass is 16.7. The molecule has 1 aliphatic heterocycles. The van der Waals surface area contributed by atoms with E-state index in [0.717, 1.165) is 0 Å². The number of hydrogen-bond donors (Lipinski definition) is 1. The van der Waals surface area contributed by atoms with Crippen LogP contribution in [0, 0.1) is 0 Å². The van der Waals surface area contributed by atoms with E-state index in [2.05, 4.69) is 0 Å². The normalized spacial score (nSPS) is 19.7. The van der Waals surface area contributed by atoms with Gasteiger partial charge in [-0.05, 0) is 44.8 Å². The third-order valence-electron chi connectivity index (χ3n) is 4.45. The predicted octanol–water partition coefficient (Wildman–Crippen LogP) is 2.48. The molecule has 0 atom stereocenters. The van der Waals surface area contributed by atoms with Crippen LogP contribution in [0.25, 0.3) is 6.08 Å². The standard InChI is InChI=1S/C17H23BO5/c1-16(2)17(3,4)23-18(22-16)13(11-19)10-12-8-6-7-9-14(12)15(20)21-5/h6-10,19H,11H2,1-5H3. The van der Waals surface area contributed by atoms with Gasteiger partial charge in [0.15, 0.2) is 0 Å². The van der Waals surface area contributed by atoms with Gasteiger partial charge in [-0.2, -0.15) is 0 Å². The molecule has 23 heavy (non-hydrogen) atoms. The van der Waals surface area contributed by atoms with E-state index < -0.39 is 24.3 Å². The van der Waals surface area contributed by atoms with Crippen molar-refractivity contribution in [2.75, 3.05) is 13.7 Å². The SMILES string of the molecule is COC(=O)c1ccccc1C=C(CO)B1OC(C)(C)C(C)(C)O1. The van der Waals surface area contributed by atoms with Crippen LogP contribution in [0.3, 0.4) is 0 Å². The van der Waals surface area contributed by atoms with E-state index in [0.29, 0.717) is 16.6 Å². The van der Waals surface area contributed by atoms with Crippen molar-refractivity contribution in [2.24, 2.45) is 0 Å². The number of esters is 1. The van der Waals surface area contributed by atoms with E-state index in [9.17, 15) is 9.90 Å². The molecule has 1 N–H and O–H groups in total. The summed E-state index contributed by atoms with van der Waals surface area (Å²) in [5.74, 6) is -0.428. The summed E-state index contributed by atoms with van der Waals surface area (Å²) in [5, 5.41) is 9.73. The zero-order valence-electron chi connectivity index (χ0n) is 14.3. The largest absolute Gasteiger partial charge is 0.492 e. The summed E-state index contributed by atoms with van der Waals surface area (Å²) in [6, 6.07) is 7.04. The van der Waals surface area contributed by atoms with Crippen LogP contribution < -0.4 is 0 Å². The topological polar surface area (TPSA) is 65.0 Å². The van der Waals surface area contributed by atoms with Crippen LogP contribution in [0.4, 0.5) is 0 Å². The van der Waals surface area contributed by atoms with E-state index in [-0.39, 0.29) is 6.61 Å². The van der Waals surface area contributed by atoms with Crippen molar-refractivity contribution < 1.29 is 23.9 Å². The number of carbonyl (C=O) groups is 1. The Bertz CT molecular complexity index is 605. The summed E-state index contributed by atoms with van der Waals surface area (Å²) in [5.41, 5.74) is 0.650. The lowest BCUT2D eigenvalue weighted by molar-refractivity contribution is 0.00578. The second kappa shape index (κ2) is 6.47. The fraction of sp³-hybridized carbons (Fsp3) is 0.471. The number of rotatable bonds is 4. The maximum absolute atomic E-state index is 11.9. The average Bonchev–Trinajstić information content (AvgIpc) is 2.72. The second-order valence-corrected chi connectivity index (χ2v) is 6.54. The maximum atomic E-state index is 11.9. The Morgan fingerprint density at radius 2 is 1.78 bits per heavy atom. The first-order chi connectivity index (χ1) is 10.7. The third-order valence-corrected chi connectivity index (χ3v) is 4.45. The molecule has 0 spiro atoms. The van der Waals surface area contributed by atoms with E-state index in [1.165, 1.54) is 7.11 Å². The lowest BCUT2D eigenvalue weighted by atomic mass is 9.77. The molecule has 1 saturated heterocycles. The minimum Gasteiger partial charge on any atom is -0.465 e. The highest BCUT2D eigenvalue weighted by Gasteiger charge is 2.52. The Kier molecular flexibility index (Phi) is 4.99. The van der Waals surface area contributed by atoms with Gasteiger partial charge in [0, 0.05) is 0 Å². The van der Waals surface area contributed by atoms with Crippen molar-refractivity contribution in [1.82, 2.24) is 0 Å². The van der Waals surface area contributed by atoms with Crippen LogP contribution in [0.2, 0.25) is 0 Å². The summed E-state index contributed by atoms with van der Waals surface area (Å²) in [7, 11) is 0.681. The third kappa shape index (κ3) is 3.49. The molecule has 1 aliphatic rings. The van der Waals surface area contributed by atoms with Gasteiger partial charge >= 0.3 is 13.1 Å². The molecule has 6 heteroatoms. The molecule has 0 amide bonds. The van der Waals surface area contributed by atoms with Crippen molar-refractivity contribution >= 4 is 19.2 Å². The number of methoxy groups -OCH3 is 1. The summed E-state index contributed by atoms with van der Waals surface area (Å²) < 4.78 is 16.7. The van der Waals surface area contributed by atoms with Gasteiger partial charge in [-0.3, -0.25) is 0 Å². The number of aliphatic hydroxyl groups excluding tert-OH is 1. The second-order valence-electron chi connectivity index (χ2n) is 6.54. The minimum absolute atomic E-state index is 0.230. The summed E-state index contributed by atoms with van der Waals surface area (Å²) in [4.78, 5) is 11.9. The summed E-state index contributed by atoms with van der Waals surface area (Å²) in [6.07, 6.45) is 1.72. The molecule has 1 aromatic carbocycles. The fourth-order valence-corrected chi connectivity index (χ4v) is 2.30. The predicted molar refractivity (Wildman–Crippen MR) is 88.9 cm³/mol. The lowest BCUT2D eigenvalue weighted by Gasteiger charge is -2.32. The Hall–Kier alpha value is -1.63. The molecule has 1 fully saturated rings. The number of carbonyl (C=O) groups excluding carboxylic acids is 1. The molecular formula is C17H23BO5. The highest BCUT2D eigenvalue weighted by Crippen LogP contribution is 2.38. The van der Waals surface area contributed by atoms with Gasteiger partial charge in [-0.25, -0.2) is 4.79 Å². The zero-order chi connectivity index (χ0) is 17.3. The summed E-state index contributed by atoms with van der Waals surface area (Å²) >= 11 is 0. The molecule has 1 aromatic rings. The number of aliphatic hydroxyl groups is 1. The van der Waals surface area contributed by atoms with Crippen molar-refractivity contribution in [3.63, 3.8) is 0 Å². The molecule has 0 saturated carbocycles. The quantitative estimate of drug-likeness (QED) is 0.682. The maximum Gasteiger partial charge on any atom is 0.492 e. The van der Waals surface area contributed by atoms with Crippen LogP contribution in [0.5, 0.6) is 0 Å².